The summed E-state index contributed by atoms with van der Waals surface area (Å²) < 4.78 is 16.4. The second kappa shape index (κ2) is 10.1. The van der Waals surface area contributed by atoms with Crippen LogP contribution in [0.4, 0.5) is 5.82 Å². The third-order valence-corrected chi connectivity index (χ3v) is 4.38. The second-order valence-electron chi connectivity index (χ2n) is 6.98. The van der Waals surface area contributed by atoms with Crippen LogP contribution in [0.25, 0.3) is 6.08 Å². The highest BCUT2D eigenvalue weighted by Crippen LogP contribution is 2.19. The minimum Gasteiger partial charge on any atom is -0.490 e. The molecular weight excluding hydrogens is 394 g/mol. The molecule has 0 saturated heterocycles. The van der Waals surface area contributed by atoms with E-state index in [1.54, 1.807) is 37.3 Å². The lowest BCUT2D eigenvalue weighted by Gasteiger charge is -2.11. The third kappa shape index (κ3) is 6.21. The van der Waals surface area contributed by atoms with Crippen molar-refractivity contribution in [3.8, 4) is 17.6 Å². The predicted octanol–water partition coefficient (Wildman–Crippen LogP) is 4.60. The van der Waals surface area contributed by atoms with Gasteiger partial charge in [-0.1, -0.05) is 29.4 Å². The molecule has 0 aliphatic heterocycles. The maximum atomic E-state index is 12.2. The highest BCUT2D eigenvalue weighted by Gasteiger charge is 2.12. The zero-order valence-electron chi connectivity index (χ0n) is 17.6. The van der Waals surface area contributed by atoms with Crippen molar-refractivity contribution in [3.63, 3.8) is 0 Å². The molecule has 7 heteroatoms. The van der Waals surface area contributed by atoms with Gasteiger partial charge in [0.15, 0.2) is 5.82 Å². The van der Waals surface area contributed by atoms with Crippen LogP contribution in [-0.2, 0) is 4.79 Å². The Morgan fingerprint density at radius 3 is 2.52 bits per heavy atom. The van der Waals surface area contributed by atoms with E-state index in [-0.39, 0.29) is 11.4 Å². The molecule has 0 fully saturated rings. The molecule has 0 spiro atoms. The first-order valence-corrected chi connectivity index (χ1v) is 9.74. The molecule has 2 aromatic carbocycles. The highest BCUT2D eigenvalue weighted by atomic mass is 16.5. The zero-order chi connectivity index (χ0) is 22.2. The lowest BCUT2D eigenvalue weighted by molar-refractivity contribution is -0.112. The van der Waals surface area contributed by atoms with Crippen molar-refractivity contribution in [3.05, 3.63) is 76.6 Å². The van der Waals surface area contributed by atoms with Gasteiger partial charge in [0.05, 0.1) is 0 Å². The zero-order valence-corrected chi connectivity index (χ0v) is 17.6. The molecular formula is C24H23N3O4. The summed E-state index contributed by atoms with van der Waals surface area (Å²) in [5.41, 5.74) is 2.88. The van der Waals surface area contributed by atoms with Crippen LogP contribution in [0.2, 0.25) is 0 Å². The number of nitrogens with one attached hydrogen (secondary N) is 1. The topological polar surface area (TPSA) is 97.4 Å². The van der Waals surface area contributed by atoms with Crippen LogP contribution in [0.15, 0.2) is 58.6 Å². The Labute approximate surface area is 180 Å². The fourth-order valence-electron chi connectivity index (χ4n) is 2.76. The first kappa shape index (κ1) is 21.7. The lowest BCUT2D eigenvalue weighted by atomic mass is 10.1. The average Bonchev–Trinajstić information content (AvgIpc) is 3.17. The van der Waals surface area contributed by atoms with Gasteiger partial charge in [-0.3, -0.25) is 4.79 Å². The van der Waals surface area contributed by atoms with Crippen LogP contribution in [0.1, 0.15) is 22.5 Å². The Kier molecular flexibility index (Phi) is 7.07. The minimum absolute atomic E-state index is 0.0451. The summed E-state index contributed by atoms with van der Waals surface area (Å²) >= 11 is 0. The number of nitrogens with zero attached hydrogens (tertiary/aromatic N) is 2. The van der Waals surface area contributed by atoms with E-state index in [4.69, 9.17) is 14.0 Å². The van der Waals surface area contributed by atoms with Gasteiger partial charge in [-0.15, -0.1) is 0 Å². The van der Waals surface area contributed by atoms with Crippen molar-refractivity contribution in [2.75, 3.05) is 18.5 Å². The van der Waals surface area contributed by atoms with Gasteiger partial charge in [0, 0.05) is 6.07 Å². The van der Waals surface area contributed by atoms with Gasteiger partial charge in [-0.2, -0.15) is 5.26 Å². The van der Waals surface area contributed by atoms with Crippen molar-refractivity contribution >= 4 is 17.8 Å². The Balaban J connectivity index is 1.53. The van der Waals surface area contributed by atoms with Crippen LogP contribution in [0.5, 0.6) is 11.5 Å². The number of aryl methyl sites for hydroxylation is 3. The number of carbonyl (C=O) groups excluding carboxylic acids is 1. The summed E-state index contributed by atoms with van der Waals surface area (Å²) in [6.45, 7) is 6.56. The van der Waals surface area contributed by atoms with E-state index >= 15 is 0 Å². The second-order valence-corrected chi connectivity index (χ2v) is 6.98. The molecule has 1 amide bonds. The summed E-state index contributed by atoms with van der Waals surface area (Å²) in [7, 11) is 0. The number of benzene rings is 2. The summed E-state index contributed by atoms with van der Waals surface area (Å²) in [5.74, 6) is 1.79. The molecule has 1 heterocycles. The van der Waals surface area contributed by atoms with E-state index in [1.165, 1.54) is 6.08 Å². The number of hydrogen-bond donors (Lipinski definition) is 1. The first-order valence-electron chi connectivity index (χ1n) is 9.74. The average molecular weight is 417 g/mol. The molecule has 3 rings (SSSR count). The van der Waals surface area contributed by atoms with Crippen LogP contribution in [0.3, 0.4) is 0 Å². The van der Waals surface area contributed by atoms with Crippen LogP contribution >= 0.6 is 0 Å². The molecule has 158 valence electrons. The number of carbonyl (C=O) groups is 1. The molecule has 31 heavy (non-hydrogen) atoms. The molecule has 0 unspecified atom stereocenters. The van der Waals surface area contributed by atoms with Crippen molar-refractivity contribution in [2.45, 2.75) is 20.8 Å². The van der Waals surface area contributed by atoms with Crippen LogP contribution in [-0.4, -0.2) is 24.3 Å². The first-order chi connectivity index (χ1) is 14.9. The molecule has 0 aliphatic carbocycles. The van der Waals surface area contributed by atoms with E-state index in [1.807, 2.05) is 38.1 Å². The number of nitriles is 1. The molecule has 3 aromatic rings. The smallest absolute Gasteiger partial charge is 0.267 e. The number of hydrogen-bond acceptors (Lipinski definition) is 6. The normalized spacial score (nSPS) is 11.0. The summed E-state index contributed by atoms with van der Waals surface area (Å²) in [6.07, 6.45) is 1.50. The van der Waals surface area contributed by atoms with E-state index in [9.17, 15) is 10.1 Å². The lowest BCUT2D eigenvalue weighted by Crippen LogP contribution is -2.13. The Morgan fingerprint density at radius 1 is 1.10 bits per heavy atom. The molecule has 0 atom stereocenters. The van der Waals surface area contributed by atoms with Gasteiger partial charge in [0.25, 0.3) is 5.91 Å². The summed E-state index contributed by atoms with van der Waals surface area (Å²) in [5, 5.41) is 15.5. The molecule has 0 radical (unpaired) electrons. The minimum atomic E-state index is -0.556. The monoisotopic (exact) mass is 417 g/mol. The number of rotatable bonds is 8. The van der Waals surface area contributed by atoms with Crippen LogP contribution < -0.4 is 14.8 Å². The number of amides is 1. The molecule has 1 N–H and O–H groups in total. The SMILES string of the molecule is Cc1ccc(C)c(OCCOc2ccc(/C=C(/C#N)C(=O)Nc3cc(C)on3)cc2)c1. The Bertz CT molecular complexity index is 1120. The summed E-state index contributed by atoms with van der Waals surface area (Å²) in [4.78, 5) is 12.2. The number of anilines is 1. The molecule has 0 bridgehead atoms. The van der Waals surface area contributed by atoms with Crippen LogP contribution in [0, 0.1) is 32.1 Å². The largest absolute Gasteiger partial charge is 0.490 e. The maximum Gasteiger partial charge on any atom is 0.267 e. The maximum absolute atomic E-state index is 12.2. The number of aromatic nitrogens is 1. The van der Waals surface area contributed by atoms with E-state index < -0.39 is 5.91 Å². The molecule has 7 nitrogen and oxygen atoms in total. The Morgan fingerprint density at radius 2 is 1.84 bits per heavy atom. The van der Waals surface area contributed by atoms with Gasteiger partial charge in [-0.25, -0.2) is 0 Å². The van der Waals surface area contributed by atoms with Crippen molar-refractivity contribution < 1.29 is 18.8 Å². The fourth-order valence-corrected chi connectivity index (χ4v) is 2.76. The number of ether oxygens (including phenoxy) is 2. The van der Waals surface area contributed by atoms with Gasteiger partial charge < -0.3 is 19.3 Å². The van der Waals surface area contributed by atoms with Gasteiger partial charge >= 0.3 is 0 Å². The highest BCUT2D eigenvalue weighted by molar-refractivity contribution is 6.09. The van der Waals surface area contributed by atoms with Crippen molar-refractivity contribution in [1.82, 2.24) is 5.16 Å². The quantitative estimate of drug-likeness (QED) is 0.327. The van der Waals surface area contributed by atoms with E-state index in [0.29, 0.717) is 30.3 Å². The van der Waals surface area contributed by atoms with E-state index in [0.717, 1.165) is 16.9 Å². The molecule has 0 saturated carbocycles. The van der Waals surface area contributed by atoms with Gasteiger partial charge in [0.1, 0.15) is 42.1 Å². The van der Waals surface area contributed by atoms with Gasteiger partial charge in [-0.05, 0) is 61.7 Å². The Hall–Kier alpha value is -4.05. The van der Waals surface area contributed by atoms with Crippen molar-refractivity contribution in [1.29, 1.82) is 5.26 Å². The van der Waals surface area contributed by atoms with Crippen molar-refractivity contribution in [2.24, 2.45) is 0 Å². The third-order valence-electron chi connectivity index (χ3n) is 4.38. The molecule has 1 aromatic heterocycles. The summed E-state index contributed by atoms with van der Waals surface area (Å²) in [6, 6.07) is 16.6. The standard InChI is InChI=1S/C24H23N3O4/c1-16-4-5-17(2)22(12-16)30-11-10-29-21-8-6-19(7-9-21)14-20(15-25)24(28)26-23-13-18(3)31-27-23/h4-9,12-14H,10-11H2,1-3H3,(H,26,27,28)/b20-14-. The predicted molar refractivity (Wildman–Crippen MR) is 117 cm³/mol. The van der Waals surface area contributed by atoms with E-state index in [2.05, 4.69) is 10.5 Å². The fraction of sp³-hybridized carbons (Fsp3) is 0.208. The van der Waals surface area contributed by atoms with Gasteiger partial charge in [0.2, 0.25) is 0 Å². The molecule has 0 aliphatic rings.